The zero-order chi connectivity index (χ0) is 19.6. The molecule has 1 aromatic carbocycles. The first kappa shape index (κ1) is 19.4. The van der Waals surface area contributed by atoms with Crippen LogP contribution in [0.25, 0.3) is 0 Å². The minimum absolute atomic E-state index is 0.0990. The number of halogens is 1. The molecular weight excluding hydrogens is 376 g/mol. The summed E-state index contributed by atoms with van der Waals surface area (Å²) in [5.74, 6) is -0.0990. The maximum absolute atomic E-state index is 12.9. The molecule has 0 radical (unpaired) electrons. The van der Waals surface area contributed by atoms with Gasteiger partial charge in [0.25, 0.3) is 5.91 Å². The van der Waals surface area contributed by atoms with Gasteiger partial charge in [-0.2, -0.15) is 0 Å². The van der Waals surface area contributed by atoms with E-state index in [2.05, 4.69) is 10.3 Å². The average Bonchev–Trinajstić information content (AvgIpc) is 3.04. The zero-order valence-corrected chi connectivity index (χ0v) is 16.8. The number of carbonyl (C=O) groups is 1. The zero-order valence-electron chi connectivity index (χ0n) is 16.1. The van der Waals surface area contributed by atoms with Gasteiger partial charge in [0.15, 0.2) is 5.69 Å². The number of benzene rings is 1. The third-order valence-corrected chi connectivity index (χ3v) is 6.44. The van der Waals surface area contributed by atoms with Gasteiger partial charge in [0.05, 0.1) is 17.8 Å². The Morgan fingerprint density at radius 3 is 2.36 bits per heavy atom. The van der Waals surface area contributed by atoms with Crippen molar-refractivity contribution in [2.75, 3.05) is 13.1 Å². The van der Waals surface area contributed by atoms with Crippen molar-refractivity contribution in [3.63, 3.8) is 0 Å². The van der Waals surface area contributed by atoms with E-state index in [-0.39, 0.29) is 5.91 Å². The molecule has 1 aliphatic heterocycles. The first-order valence-corrected chi connectivity index (χ1v) is 10.6. The predicted octanol–water partition coefficient (Wildman–Crippen LogP) is 3.95. The van der Waals surface area contributed by atoms with Gasteiger partial charge in [-0.1, -0.05) is 54.6 Å². The van der Waals surface area contributed by atoms with Crippen molar-refractivity contribution in [1.82, 2.24) is 19.9 Å². The standard InChI is InChI=1S/C21H27ClN4O2/c22-17-9-7-16(8-10-17)21(28)11-13-25(14-12-21)20(27)19-15-26(24-23-19)18-5-3-1-2-4-6-18/h7-10,15,18,28H,1-6,11-14H2. The fourth-order valence-electron chi connectivity index (χ4n) is 4.37. The van der Waals surface area contributed by atoms with Gasteiger partial charge in [0.1, 0.15) is 0 Å². The Labute approximate surface area is 170 Å². The summed E-state index contributed by atoms with van der Waals surface area (Å²) in [6.45, 7) is 0.989. The highest BCUT2D eigenvalue weighted by atomic mass is 35.5. The van der Waals surface area contributed by atoms with Crippen LogP contribution in [-0.2, 0) is 5.60 Å². The van der Waals surface area contributed by atoms with E-state index in [1.165, 1.54) is 25.7 Å². The van der Waals surface area contributed by atoms with E-state index in [1.54, 1.807) is 23.2 Å². The Morgan fingerprint density at radius 1 is 1.07 bits per heavy atom. The highest BCUT2D eigenvalue weighted by Gasteiger charge is 2.36. The molecule has 1 N–H and O–H groups in total. The second-order valence-electron chi connectivity index (χ2n) is 8.06. The number of rotatable bonds is 3. The van der Waals surface area contributed by atoms with Gasteiger partial charge in [-0.3, -0.25) is 4.79 Å². The molecule has 2 aliphatic rings. The Hall–Kier alpha value is -1.92. The average molecular weight is 403 g/mol. The van der Waals surface area contributed by atoms with Crippen LogP contribution in [0.3, 0.4) is 0 Å². The molecule has 2 heterocycles. The lowest BCUT2D eigenvalue weighted by atomic mass is 9.84. The van der Waals surface area contributed by atoms with E-state index < -0.39 is 5.60 Å². The summed E-state index contributed by atoms with van der Waals surface area (Å²) in [6.07, 6.45) is 9.99. The molecule has 2 aromatic rings. The quantitative estimate of drug-likeness (QED) is 0.789. The van der Waals surface area contributed by atoms with E-state index in [9.17, 15) is 9.90 Å². The molecule has 1 saturated heterocycles. The Morgan fingerprint density at radius 2 is 1.71 bits per heavy atom. The normalized spacial score (nSPS) is 20.7. The Bertz CT molecular complexity index is 804. The van der Waals surface area contributed by atoms with Crippen LogP contribution >= 0.6 is 11.6 Å². The molecule has 150 valence electrons. The first-order chi connectivity index (χ1) is 13.5. The summed E-state index contributed by atoms with van der Waals surface area (Å²) < 4.78 is 1.88. The minimum Gasteiger partial charge on any atom is -0.385 e. The minimum atomic E-state index is -0.917. The van der Waals surface area contributed by atoms with Crippen LogP contribution in [0.1, 0.15) is 73.5 Å². The molecule has 0 bridgehead atoms. The molecule has 4 rings (SSSR count). The third kappa shape index (κ3) is 4.08. The molecule has 6 nitrogen and oxygen atoms in total. The van der Waals surface area contributed by atoms with Crippen molar-refractivity contribution in [1.29, 1.82) is 0 Å². The van der Waals surface area contributed by atoms with Gasteiger partial charge < -0.3 is 10.0 Å². The Kier molecular flexibility index (Phi) is 5.69. The number of carbonyl (C=O) groups excluding carboxylic acids is 1. The maximum Gasteiger partial charge on any atom is 0.276 e. The summed E-state index contributed by atoms with van der Waals surface area (Å²) in [5.41, 5.74) is 0.337. The van der Waals surface area contributed by atoms with E-state index >= 15 is 0 Å². The third-order valence-electron chi connectivity index (χ3n) is 6.19. The number of amides is 1. The van der Waals surface area contributed by atoms with Crippen molar-refractivity contribution < 1.29 is 9.90 Å². The van der Waals surface area contributed by atoms with E-state index in [0.29, 0.717) is 42.7 Å². The molecule has 0 spiro atoms. The molecular formula is C21H27ClN4O2. The summed E-state index contributed by atoms with van der Waals surface area (Å²) in [7, 11) is 0. The van der Waals surface area contributed by atoms with Gasteiger partial charge in [-0.25, -0.2) is 4.68 Å². The highest BCUT2D eigenvalue weighted by Crippen LogP contribution is 2.34. The van der Waals surface area contributed by atoms with Crippen molar-refractivity contribution >= 4 is 17.5 Å². The van der Waals surface area contributed by atoms with Gasteiger partial charge in [0, 0.05) is 18.1 Å². The van der Waals surface area contributed by atoms with Crippen LogP contribution in [-0.4, -0.2) is 44.0 Å². The maximum atomic E-state index is 12.9. The van der Waals surface area contributed by atoms with Gasteiger partial charge in [-0.15, -0.1) is 5.10 Å². The highest BCUT2D eigenvalue weighted by molar-refractivity contribution is 6.30. The summed E-state index contributed by atoms with van der Waals surface area (Å²) >= 11 is 5.95. The number of aromatic nitrogens is 3. The van der Waals surface area contributed by atoms with Gasteiger partial charge in [-0.05, 0) is 43.4 Å². The monoisotopic (exact) mass is 402 g/mol. The van der Waals surface area contributed by atoms with Gasteiger partial charge in [0.2, 0.25) is 0 Å². The van der Waals surface area contributed by atoms with Crippen LogP contribution < -0.4 is 0 Å². The number of hydrogen-bond acceptors (Lipinski definition) is 4. The molecule has 1 saturated carbocycles. The van der Waals surface area contributed by atoms with Crippen LogP contribution in [0.15, 0.2) is 30.5 Å². The lowest BCUT2D eigenvalue weighted by molar-refractivity contribution is -0.0212. The summed E-state index contributed by atoms with van der Waals surface area (Å²) in [6, 6.07) is 7.65. The molecule has 2 fully saturated rings. The number of hydrogen-bond donors (Lipinski definition) is 1. The summed E-state index contributed by atoms with van der Waals surface area (Å²) in [4.78, 5) is 14.6. The molecule has 28 heavy (non-hydrogen) atoms. The van der Waals surface area contributed by atoms with Gasteiger partial charge >= 0.3 is 0 Å². The molecule has 0 atom stereocenters. The Balaban J connectivity index is 1.39. The van der Waals surface area contributed by atoms with E-state index in [4.69, 9.17) is 11.6 Å². The van der Waals surface area contributed by atoms with Crippen molar-refractivity contribution in [3.8, 4) is 0 Å². The fourth-order valence-corrected chi connectivity index (χ4v) is 4.49. The largest absolute Gasteiger partial charge is 0.385 e. The predicted molar refractivity (Wildman–Crippen MR) is 107 cm³/mol. The van der Waals surface area contributed by atoms with Crippen LogP contribution in [0.4, 0.5) is 0 Å². The first-order valence-electron chi connectivity index (χ1n) is 10.2. The topological polar surface area (TPSA) is 71.2 Å². The van der Waals surface area contributed by atoms with Crippen molar-refractivity contribution in [3.05, 3.63) is 46.7 Å². The van der Waals surface area contributed by atoms with Crippen LogP contribution in [0, 0.1) is 0 Å². The van der Waals surface area contributed by atoms with Crippen molar-refractivity contribution in [2.45, 2.75) is 63.0 Å². The number of aliphatic hydroxyl groups is 1. The smallest absolute Gasteiger partial charge is 0.276 e. The molecule has 0 unspecified atom stereocenters. The lowest BCUT2D eigenvalue weighted by Crippen LogP contribution is -2.45. The fraction of sp³-hybridized carbons (Fsp3) is 0.571. The molecule has 1 aliphatic carbocycles. The second kappa shape index (κ2) is 8.21. The summed E-state index contributed by atoms with van der Waals surface area (Å²) in [5, 5.41) is 20.0. The molecule has 7 heteroatoms. The number of likely N-dealkylation sites (tertiary alicyclic amines) is 1. The van der Waals surface area contributed by atoms with E-state index in [1.807, 2.05) is 16.8 Å². The number of piperidine rings is 1. The molecule has 1 amide bonds. The van der Waals surface area contributed by atoms with Crippen LogP contribution in [0.2, 0.25) is 5.02 Å². The molecule has 1 aromatic heterocycles. The lowest BCUT2D eigenvalue weighted by Gasteiger charge is -2.38. The number of nitrogens with zero attached hydrogens (tertiary/aromatic N) is 4. The SMILES string of the molecule is O=C(c1cn(C2CCCCCC2)nn1)N1CCC(O)(c2ccc(Cl)cc2)CC1. The van der Waals surface area contributed by atoms with E-state index in [0.717, 1.165) is 18.4 Å². The van der Waals surface area contributed by atoms with Crippen LogP contribution in [0.5, 0.6) is 0 Å². The second-order valence-corrected chi connectivity index (χ2v) is 8.50. The van der Waals surface area contributed by atoms with Crippen molar-refractivity contribution in [2.24, 2.45) is 0 Å².